The van der Waals surface area contributed by atoms with Crippen molar-refractivity contribution in [3.63, 3.8) is 0 Å². The fraction of sp³-hybridized carbons (Fsp3) is 0.881. The first kappa shape index (κ1) is 73.5. The number of amides is 2. The third kappa shape index (κ3) is 25.3. The molecular formula is C59H106N2O21. The quantitative estimate of drug-likeness (QED) is 0.0308. The second-order valence-electron chi connectivity index (χ2n) is 22.6. The van der Waals surface area contributed by atoms with E-state index in [4.69, 9.17) is 28.4 Å². The number of hydrogen-bond acceptors (Lipinski definition) is 20. The first-order chi connectivity index (χ1) is 39.4. The molecule has 3 aliphatic heterocycles. The van der Waals surface area contributed by atoms with Gasteiger partial charge in [-0.2, -0.15) is 0 Å². The number of ether oxygens (including phenoxy) is 6. The van der Waals surface area contributed by atoms with Gasteiger partial charge in [-0.15, -0.1) is 0 Å². The maximum absolute atomic E-state index is 13.3. The summed E-state index contributed by atoms with van der Waals surface area (Å²) >= 11 is 0. The molecule has 14 N–H and O–H groups in total. The van der Waals surface area contributed by atoms with Crippen LogP contribution in [-0.2, 0) is 42.8 Å². The summed E-state index contributed by atoms with van der Waals surface area (Å²) in [6.45, 7) is 2.03. The fourth-order valence-electron chi connectivity index (χ4n) is 10.7. The SMILES string of the molecule is CCCCCC/C=C\CCCC(=O)NC(COC1OC(CO)C(OC2OC(CO)C(O)C(OC3(C(=O)O)CC(O)C(NC(C)=O)C(C(O)C(O)CO)O3)C2O)C(O)C1O)C(O)/C=C/CCCCCCCCCCCCCCCCCCC. The Morgan fingerprint density at radius 1 is 0.634 bits per heavy atom. The Bertz CT molecular complexity index is 1780. The van der Waals surface area contributed by atoms with Gasteiger partial charge in [-0.3, -0.25) is 9.59 Å². The lowest BCUT2D eigenvalue weighted by atomic mass is 9.88. The second-order valence-corrected chi connectivity index (χ2v) is 22.6. The van der Waals surface area contributed by atoms with Crippen molar-refractivity contribution in [2.75, 3.05) is 26.4 Å². The Balaban J connectivity index is 1.65. The van der Waals surface area contributed by atoms with E-state index in [1.54, 1.807) is 6.08 Å². The number of aliphatic hydroxyl groups is 11. The van der Waals surface area contributed by atoms with E-state index in [9.17, 15) is 75.7 Å². The van der Waals surface area contributed by atoms with Crippen molar-refractivity contribution in [3.8, 4) is 0 Å². The Kier molecular flexibility index (Phi) is 37.0. The average Bonchev–Trinajstić information content (AvgIpc) is 3.46. The van der Waals surface area contributed by atoms with Crippen LogP contribution in [0.25, 0.3) is 0 Å². The summed E-state index contributed by atoms with van der Waals surface area (Å²) in [5.41, 5.74) is 0. The van der Waals surface area contributed by atoms with E-state index in [0.717, 1.165) is 51.9 Å². The number of unbranched alkanes of at least 4 members (excludes halogenated alkanes) is 22. The van der Waals surface area contributed by atoms with Gasteiger partial charge in [0.1, 0.15) is 67.1 Å². The van der Waals surface area contributed by atoms with Crippen molar-refractivity contribution in [2.45, 2.75) is 304 Å². The van der Waals surface area contributed by atoms with Crippen molar-refractivity contribution in [2.24, 2.45) is 0 Å². The number of carboxylic acids is 1. The number of aliphatic hydroxyl groups excluding tert-OH is 11. The van der Waals surface area contributed by atoms with Crippen LogP contribution in [0, 0.1) is 0 Å². The largest absolute Gasteiger partial charge is 0.477 e. The molecule has 82 heavy (non-hydrogen) atoms. The molecule has 3 rings (SSSR count). The molecule has 3 heterocycles. The predicted molar refractivity (Wildman–Crippen MR) is 301 cm³/mol. The minimum absolute atomic E-state index is 0.151. The van der Waals surface area contributed by atoms with Gasteiger partial charge < -0.3 is 100 Å². The molecule has 3 saturated heterocycles. The highest BCUT2D eigenvalue weighted by Crippen LogP contribution is 2.38. The standard InChI is InChI=1S/C59H106N2O21/c1-4-6-8-10-12-14-15-16-17-18-19-20-21-22-23-25-26-28-30-32-41(66)40(61-46(69)33-31-29-27-24-13-11-9-7-5-2)38-77-56-51(73)50(72)53(45(37-64)79-56)80-57-52(74)55(49(71)44(36-63)78-57)82-59(58(75)76)34-42(67)47(60-39(3)65)54(81-59)48(70)43(68)35-62/h24,27,30,32,40-45,47-57,62-64,66-68,70-74H,4-23,25-26,28-29,31,33-38H2,1-3H3,(H,60,65)(H,61,69)(H,75,76)/b27-24-,32-30+. The fourth-order valence-corrected chi connectivity index (χ4v) is 10.7. The molecular weight excluding hydrogens is 1070 g/mol. The Morgan fingerprint density at radius 2 is 1.15 bits per heavy atom. The number of hydrogen-bond donors (Lipinski definition) is 14. The van der Waals surface area contributed by atoms with Crippen molar-refractivity contribution < 1.29 is 104 Å². The minimum atomic E-state index is -3.08. The summed E-state index contributed by atoms with van der Waals surface area (Å²) in [5, 5.41) is 135. The van der Waals surface area contributed by atoms with Crippen LogP contribution in [0.2, 0.25) is 0 Å². The van der Waals surface area contributed by atoms with Gasteiger partial charge in [-0.05, 0) is 38.5 Å². The van der Waals surface area contributed by atoms with E-state index in [2.05, 4.69) is 36.6 Å². The molecule has 0 aromatic rings. The van der Waals surface area contributed by atoms with Gasteiger partial charge in [0.2, 0.25) is 11.8 Å². The van der Waals surface area contributed by atoms with Gasteiger partial charge >= 0.3 is 5.97 Å². The molecule has 0 aliphatic carbocycles. The molecule has 23 nitrogen and oxygen atoms in total. The zero-order chi connectivity index (χ0) is 60.5. The summed E-state index contributed by atoms with van der Waals surface area (Å²) < 4.78 is 34.6. The topological polar surface area (TPSA) is 373 Å². The maximum atomic E-state index is 13.3. The normalized spacial score (nSPS) is 30.3. The number of aliphatic carboxylic acids is 1. The lowest BCUT2D eigenvalue weighted by molar-refractivity contribution is -0.386. The van der Waals surface area contributed by atoms with Gasteiger partial charge in [0, 0.05) is 19.8 Å². The van der Waals surface area contributed by atoms with E-state index in [1.807, 2.05) is 6.08 Å². The van der Waals surface area contributed by atoms with Crippen LogP contribution in [0.1, 0.15) is 194 Å². The van der Waals surface area contributed by atoms with E-state index in [-0.39, 0.29) is 12.3 Å². The molecule has 3 fully saturated rings. The van der Waals surface area contributed by atoms with Crippen LogP contribution in [-0.4, -0.2) is 215 Å². The van der Waals surface area contributed by atoms with Crippen molar-refractivity contribution in [1.82, 2.24) is 10.6 Å². The molecule has 478 valence electrons. The Labute approximate surface area is 485 Å². The average molecular weight is 1180 g/mol. The van der Waals surface area contributed by atoms with Crippen LogP contribution in [0.5, 0.6) is 0 Å². The molecule has 18 unspecified atom stereocenters. The van der Waals surface area contributed by atoms with E-state index in [0.29, 0.717) is 19.3 Å². The van der Waals surface area contributed by atoms with Gasteiger partial charge in [0.25, 0.3) is 5.79 Å². The van der Waals surface area contributed by atoms with Crippen LogP contribution in [0.15, 0.2) is 24.3 Å². The lowest BCUT2D eigenvalue weighted by Crippen LogP contribution is -2.70. The number of allylic oxidation sites excluding steroid dienone is 3. The highest BCUT2D eigenvalue weighted by Gasteiger charge is 2.60. The highest BCUT2D eigenvalue weighted by molar-refractivity contribution is 5.77. The molecule has 18 atom stereocenters. The van der Waals surface area contributed by atoms with E-state index < -0.39 is 155 Å². The first-order valence-electron chi connectivity index (χ1n) is 30.7. The zero-order valence-electron chi connectivity index (χ0n) is 49.1. The Hall–Kier alpha value is -2.79. The molecule has 0 bridgehead atoms. The molecule has 2 amide bonds. The van der Waals surface area contributed by atoms with Gasteiger partial charge in [-0.1, -0.05) is 160 Å². The predicted octanol–water partition coefficient (Wildman–Crippen LogP) is 2.94. The molecule has 0 saturated carbocycles. The van der Waals surface area contributed by atoms with Crippen molar-refractivity contribution >= 4 is 17.8 Å². The number of carbonyl (C=O) groups is 3. The van der Waals surface area contributed by atoms with E-state index >= 15 is 0 Å². The third-order valence-corrected chi connectivity index (χ3v) is 15.6. The summed E-state index contributed by atoms with van der Waals surface area (Å²) in [5.74, 6) is -6.18. The zero-order valence-corrected chi connectivity index (χ0v) is 49.1. The van der Waals surface area contributed by atoms with Crippen molar-refractivity contribution in [1.29, 1.82) is 0 Å². The number of carbonyl (C=O) groups excluding carboxylic acids is 2. The lowest BCUT2D eigenvalue weighted by Gasteiger charge is -2.50. The van der Waals surface area contributed by atoms with Crippen molar-refractivity contribution in [3.05, 3.63) is 24.3 Å². The number of rotatable bonds is 44. The summed E-state index contributed by atoms with van der Waals surface area (Å²) in [4.78, 5) is 38.3. The monoisotopic (exact) mass is 1180 g/mol. The molecule has 0 aromatic carbocycles. The molecule has 0 spiro atoms. The molecule has 23 heteroatoms. The first-order valence-corrected chi connectivity index (χ1v) is 30.7. The smallest absolute Gasteiger partial charge is 0.364 e. The number of nitrogens with one attached hydrogen (secondary N) is 2. The number of carboxylic acid groups (broad SMARTS) is 1. The van der Waals surface area contributed by atoms with Gasteiger partial charge in [-0.25, -0.2) is 4.79 Å². The van der Waals surface area contributed by atoms with Crippen LogP contribution >= 0.6 is 0 Å². The van der Waals surface area contributed by atoms with Crippen LogP contribution in [0.4, 0.5) is 0 Å². The molecule has 0 aromatic heterocycles. The summed E-state index contributed by atoms with van der Waals surface area (Å²) in [6.07, 6.45) is 7.06. The summed E-state index contributed by atoms with van der Waals surface area (Å²) in [7, 11) is 0. The minimum Gasteiger partial charge on any atom is -0.477 e. The maximum Gasteiger partial charge on any atom is 0.364 e. The third-order valence-electron chi connectivity index (χ3n) is 15.6. The highest BCUT2D eigenvalue weighted by atomic mass is 16.8. The Morgan fingerprint density at radius 3 is 1.67 bits per heavy atom. The van der Waals surface area contributed by atoms with Gasteiger partial charge in [0.15, 0.2) is 12.6 Å². The summed E-state index contributed by atoms with van der Waals surface area (Å²) in [6, 6.07) is -2.63. The second kappa shape index (κ2) is 41.3. The van der Waals surface area contributed by atoms with Crippen LogP contribution in [0.3, 0.4) is 0 Å². The van der Waals surface area contributed by atoms with Crippen LogP contribution < -0.4 is 10.6 Å². The van der Waals surface area contributed by atoms with E-state index in [1.165, 1.54) is 96.3 Å². The molecule has 3 aliphatic rings. The van der Waals surface area contributed by atoms with Gasteiger partial charge in [0.05, 0.1) is 50.7 Å². The molecule has 0 radical (unpaired) electrons.